The number of aromatic nitrogens is 1. The van der Waals surface area contributed by atoms with Crippen LogP contribution in [0.25, 0.3) is 22.8 Å². The second-order valence-corrected chi connectivity index (χ2v) is 7.26. The Morgan fingerprint density at radius 1 is 1.13 bits per heavy atom. The Balaban J connectivity index is 1.50. The fourth-order valence-electron chi connectivity index (χ4n) is 3.53. The van der Waals surface area contributed by atoms with Gasteiger partial charge < -0.3 is 14.5 Å². The van der Waals surface area contributed by atoms with Gasteiger partial charge in [0.2, 0.25) is 5.89 Å². The van der Waals surface area contributed by atoms with Gasteiger partial charge in [-0.3, -0.25) is 9.69 Å². The molecule has 1 saturated heterocycles. The molecule has 4 rings (SSSR count). The van der Waals surface area contributed by atoms with Gasteiger partial charge in [-0.15, -0.1) is 0 Å². The predicted molar refractivity (Wildman–Crippen MR) is 112 cm³/mol. The first kappa shape index (κ1) is 20.3. The lowest BCUT2D eigenvalue weighted by Gasteiger charge is -2.32. The van der Waals surface area contributed by atoms with Crippen LogP contribution in [0.4, 0.5) is 4.39 Å². The largest absolute Gasteiger partial charge is 0.436 e. The van der Waals surface area contributed by atoms with Crippen molar-refractivity contribution < 1.29 is 18.3 Å². The molecule has 0 bridgehead atoms. The first-order valence-corrected chi connectivity index (χ1v) is 10.0. The molecular formula is C23H24FN3O3. The van der Waals surface area contributed by atoms with Crippen LogP contribution in [-0.4, -0.2) is 54.7 Å². The van der Waals surface area contributed by atoms with Gasteiger partial charge in [0.05, 0.1) is 30.5 Å². The molecule has 1 aliphatic rings. The summed E-state index contributed by atoms with van der Waals surface area (Å²) in [5.74, 6) is 0.0131. The van der Waals surface area contributed by atoms with Crippen molar-refractivity contribution in [2.75, 3.05) is 32.8 Å². The predicted octanol–water partition coefficient (Wildman–Crippen LogP) is 3.60. The van der Waals surface area contributed by atoms with Crippen molar-refractivity contribution in [2.45, 2.75) is 13.0 Å². The fraction of sp³-hybridized carbons (Fsp3) is 0.304. The maximum Gasteiger partial charge on any atom is 0.252 e. The molecule has 1 fully saturated rings. The Morgan fingerprint density at radius 2 is 1.83 bits per heavy atom. The first-order valence-electron chi connectivity index (χ1n) is 10.0. The SMILES string of the molecule is CC(CNC(=O)c1ccccc1-c1ncc(-c2ccccc2F)o1)N1CCOCC1. The molecule has 1 N–H and O–H groups in total. The van der Waals surface area contributed by atoms with Crippen LogP contribution in [0.15, 0.2) is 59.1 Å². The fourth-order valence-corrected chi connectivity index (χ4v) is 3.53. The van der Waals surface area contributed by atoms with Crippen LogP contribution in [0, 0.1) is 5.82 Å². The van der Waals surface area contributed by atoms with E-state index in [2.05, 4.69) is 22.1 Å². The molecule has 2 aromatic carbocycles. The monoisotopic (exact) mass is 409 g/mol. The van der Waals surface area contributed by atoms with Crippen LogP contribution in [0.2, 0.25) is 0 Å². The van der Waals surface area contributed by atoms with E-state index in [1.807, 2.05) is 6.07 Å². The number of oxazole rings is 1. The summed E-state index contributed by atoms with van der Waals surface area (Å²) in [6, 6.07) is 13.7. The van der Waals surface area contributed by atoms with Crippen molar-refractivity contribution in [3.05, 3.63) is 66.1 Å². The van der Waals surface area contributed by atoms with Crippen molar-refractivity contribution in [2.24, 2.45) is 0 Å². The molecule has 0 radical (unpaired) electrons. The lowest BCUT2D eigenvalue weighted by molar-refractivity contribution is 0.0204. The minimum Gasteiger partial charge on any atom is -0.436 e. The number of nitrogens with one attached hydrogen (secondary N) is 1. The van der Waals surface area contributed by atoms with Crippen LogP contribution in [0.3, 0.4) is 0 Å². The smallest absolute Gasteiger partial charge is 0.252 e. The molecule has 6 nitrogen and oxygen atoms in total. The second kappa shape index (κ2) is 9.19. The first-order chi connectivity index (χ1) is 14.6. The highest BCUT2D eigenvalue weighted by Crippen LogP contribution is 2.29. The molecule has 1 amide bonds. The number of morpholine rings is 1. The highest BCUT2D eigenvalue weighted by atomic mass is 19.1. The standard InChI is InChI=1S/C23H24FN3O3/c1-16(27-10-12-29-13-11-27)14-25-22(28)17-6-2-3-7-18(17)23-26-15-21(30-23)19-8-4-5-9-20(19)24/h2-9,15-16H,10-14H2,1H3,(H,25,28). The van der Waals surface area contributed by atoms with Crippen molar-refractivity contribution >= 4 is 5.91 Å². The number of carbonyl (C=O) groups is 1. The number of rotatable bonds is 6. The lowest BCUT2D eigenvalue weighted by Crippen LogP contribution is -2.47. The summed E-state index contributed by atoms with van der Waals surface area (Å²) in [5, 5.41) is 3.00. The van der Waals surface area contributed by atoms with E-state index < -0.39 is 0 Å². The molecule has 7 heteroatoms. The van der Waals surface area contributed by atoms with Crippen molar-refractivity contribution in [3.63, 3.8) is 0 Å². The number of ether oxygens (including phenoxy) is 1. The number of carbonyl (C=O) groups excluding carboxylic acids is 1. The second-order valence-electron chi connectivity index (χ2n) is 7.26. The molecule has 156 valence electrons. The van der Waals surface area contributed by atoms with Crippen LogP contribution >= 0.6 is 0 Å². The Morgan fingerprint density at radius 3 is 2.60 bits per heavy atom. The van der Waals surface area contributed by atoms with Crippen molar-refractivity contribution in [3.8, 4) is 22.8 Å². The van der Waals surface area contributed by atoms with Gasteiger partial charge in [-0.2, -0.15) is 0 Å². The number of benzene rings is 2. The number of amides is 1. The zero-order valence-electron chi connectivity index (χ0n) is 16.8. The van der Waals surface area contributed by atoms with E-state index in [-0.39, 0.29) is 23.7 Å². The van der Waals surface area contributed by atoms with Gasteiger partial charge in [0, 0.05) is 31.2 Å². The van der Waals surface area contributed by atoms with E-state index in [4.69, 9.17) is 9.15 Å². The molecule has 0 saturated carbocycles. The van der Waals surface area contributed by atoms with E-state index >= 15 is 0 Å². The zero-order valence-corrected chi connectivity index (χ0v) is 16.8. The molecule has 2 heterocycles. The Labute approximate surface area is 174 Å². The number of hydrogen-bond donors (Lipinski definition) is 1. The molecule has 0 spiro atoms. The van der Waals surface area contributed by atoms with E-state index in [1.54, 1.807) is 36.4 Å². The summed E-state index contributed by atoms with van der Waals surface area (Å²) in [6.45, 7) is 5.78. The maximum absolute atomic E-state index is 14.1. The third-order valence-electron chi connectivity index (χ3n) is 5.27. The number of nitrogens with zero attached hydrogens (tertiary/aromatic N) is 2. The maximum atomic E-state index is 14.1. The topological polar surface area (TPSA) is 67.6 Å². The summed E-state index contributed by atoms with van der Waals surface area (Å²) >= 11 is 0. The lowest BCUT2D eigenvalue weighted by atomic mass is 10.1. The summed E-state index contributed by atoms with van der Waals surface area (Å²) in [6.07, 6.45) is 1.48. The molecule has 1 unspecified atom stereocenters. The van der Waals surface area contributed by atoms with E-state index in [0.717, 1.165) is 26.3 Å². The van der Waals surface area contributed by atoms with Crippen molar-refractivity contribution in [1.82, 2.24) is 15.2 Å². The Hall–Kier alpha value is -3.03. The highest BCUT2D eigenvalue weighted by Gasteiger charge is 2.20. The number of hydrogen-bond acceptors (Lipinski definition) is 5. The summed E-state index contributed by atoms with van der Waals surface area (Å²) in [7, 11) is 0. The van der Waals surface area contributed by atoms with E-state index in [0.29, 0.717) is 29.0 Å². The minimum absolute atomic E-state index is 0.198. The average molecular weight is 409 g/mol. The van der Waals surface area contributed by atoms with Gasteiger partial charge in [-0.05, 0) is 31.2 Å². The van der Waals surface area contributed by atoms with Gasteiger partial charge in [0.25, 0.3) is 5.91 Å². The van der Waals surface area contributed by atoms with Crippen LogP contribution < -0.4 is 5.32 Å². The van der Waals surface area contributed by atoms with Gasteiger partial charge in [-0.1, -0.05) is 24.3 Å². The van der Waals surface area contributed by atoms with E-state index in [9.17, 15) is 9.18 Å². The summed E-state index contributed by atoms with van der Waals surface area (Å²) in [5.41, 5.74) is 1.36. The normalized spacial score (nSPS) is 15.7. The molecule has 30 heavy (non-hydrogen) atoms. The van der Waals surface area contributed by atoms with Crippen LogP contribution in [0.5, 0.6) is 0 Å². The number of halogens is 1. The molecule has 1 atom stereocenters. The molecule has 1 aliphatic heterocycles. The molecule has 0 aliphatic carbocycles. The van der Waals surface area contributed by atoms with E-state index in [1.165, 1.54) is 12.3 Å². The van der Waals surface area contributed by atoms with Crippen LogP contribution in [-0.2, 0) is 4.74 Å². The Kier molecular flexibility index (Phi) is 6.21. The van der Waals surface area contributed by atoms with Gasteiger partial charge in [0.15, 0.2) is 5.76 Å². The Bertz CT molecular complexity index is 1010. The van der Waals surface area contributed by atoms with Gasteiger partial charge >= 0.3 is 0 Å². The van der Waals surface area contributed by atoms with Gasteiger partial charge in [0.1, 0.15) is 5.82 Å². The molecule has 1 aromatic heterocycles. The zero-order chi connectivity index (χ0) is 20.9. The minimum atomic E-state index is -0.386. The highest BCUT2D eigenvalue weighted by molar-refractivity contribution is 6.00. The summed E-state index contributed by atoms with van der Waals surface area (Å²) < 4.78 is 25.2. The van der Waals surface area contributed by atoms with Crippen LogP contribution in [0.1, 0.15) is 17.3 Å². The quantitative estimate of drug-likeness (QED) is 0.674. The molecule has 3 aromatic rings. The van der Waals surface area contributed by atoms with Gasteiger partial charge in [-0.25, -0.2) is 9.37 Å². The third-order valence-corrected chi connectivity index (χ3v) is 5.27. The van der Waals surface area contributed by atoms with Crippen molar-refractivity contribution in [1.29, 1.82) is 0 Å². The summed E-state index contributed by atoms with van der Waals surface area (Å²) in [4.78, 5) is 19.4. The third kappa shape index (κ3) is 4.42. The average Bonchev–Trinajstić information content (AvgIpc) is 3.28. The molecular weight excluding hydrogens is 385 g/mol.